The van der Waals surface area contributed by atoms with Crippen molar-refractivity contribution in [3.8, 4) is 0 Å². The molecule has 0 bridgehead atoms. The number of benzene rings is 1. The highest BCUT2D eigenvalue weighted by Crippen LogP contribution is 2.44. The molecule has 1 aliphatic carbocycles. The Hall–Kier alpha value is -1.84. The van der Waals surface area contributed by atoms with Gasteiger partial charge in [0, 0.05) is 0 Å². The van der Waals surface area contributed by atoms with Crippen LogP contribution in [0, 0.1) is 6.92 Å². The van der Waals surface area contributed by atoms with E-state index in [0.717, 1.165) is 41.7 Å². The second-order valence-corrected chi connectivity index (χ2v) is 5.21. The minimum absolute atomic E-state index is 0.141. The zero-order chi connectivity index (χ0) is 13.5. The molecular weight excluding hydrogens is 240 g/mol. The molecule has 0 saturated heterocycles. The van der Waals surface area contributed by atoms with Crippen molar-refractivity contribution in [1.29, 1.82) is 0 Å². The third-order valence-corrected chi connectivity index (χ3v) is 4.04. The number of aromatic nitrogens is 2. The van der Waals surface area contributed by atoms with Crippen LogP contribution in [0.4, 0.5) is 0 Å². The molecule has 2 aromatic rings. The highest BCUT2D eigenvalue weighted by atomic mass is 16.5. The molecule has 4 heteroatoms. The van der Waals surface area contributed by atoms with Gasteiger partial charge in [0.25, 0.3) is 0 Å². The Morgan fingerprint density at radius 1 is 1.47 bits per heavy atom. The lowest BCUT2D eigenvalue weighted by Crippen LogP contribution is -2.44. The van der Waals surface area contributed by atoms with Gasteiger partial charge in [-0.15, -0.1) is 0 Å². The standard InChI is InChI=1S/C15H18N2O2/c1-3-19-14(18)15(8-5-9-15)13-16-11-7-4-6-10(2)12(11)17-13/h4,6-7H,3,5,8-9H2,1-2H3,(H,16,17). The Morgan fingerprint density at radius 3 is 2.84 bits per heavy atom. The molecule has 0 aliphatic heterocycles. The van der Waals surface area contributed by atoms with Gasteiger partial charge in [0.2, 0.25) is 0 Å². The molecule has 4 nitrogen and oxygen atoms in total. The van der Waals surface area contributed by atoms with Gasteiger partial charge in [-0.05, 0) is 38.3 Å². The minimum Gasteiger partial charge on any atom is -0.465 e. The first-order valence-electron chi connectivity index (χ1n) is 6.80. The normalized spacial score (nSPS) is 17.2. The molecular formula is C15H18N2O2. The molecule has 0 radical (unpaired) electrons. The molecule has 0 spiro atoms. The van der Waals surface area contributed by atoms with Crippen LogP contribution in [-0.4, -0.2) is 22.5 Å². The molecule has 100 valence electrons. The van der Waals surface area contributed by atoms with Gasteiger partial charge in [-0.25, -0.2) is 4.98 Å². The highest BCUT2D eigenvalue weighted by Gasteiger charge is 2.49. The summed E-state index contributed by atoms with van der Waals surface area (Å²) >= 11 is 0. The maximum Gasteiger partial charge on any atom is 0.319 e. The Bertz CT molecular complexity index is 626. The largest absolute Gasteiger partial charge is 0.465 e. The zero-order valence-electron chi connectivity index (χ0n) is 11.3. The summed E-state index contributed by atoms with van der Waals surface area (Å²) in [6.45, 7) is 4.29. The first kappa shape index (κ1) is 12.2. The molecule has 1 fully saturated rings. The van der Waals surface area contributed by atoms with Crippen molar-refractivity contribution in [3.05, 3.63) is 29.6 Å². The lowest BCUT2D eigenvalue weighted by molar-refractivity contribution is -0.154. The van der Waals surface area contributed by atoms with E-state index >= 15 is 0 Å². The number of fused-ring (bicyclic) bond motifs is 1. The number of aryl methyl sites for hydroxylation is 1. The smallest absolute Gasteiger partial charge is 0.319 e. The first-order chi connectivity index (χ1) is 9.17. The fourth-order valence-corrected chi connectivity index (χ4v) is 2.74. The maximum absolute atomic E-state index is 12.2. The average molecular weight is 258 g/mol. The number of nitrogens with zero attached hydrogens (tertiary/aromatic N) is 1. The van der Waals surface area contributed by atoms with E-state index in [-0.39, 0.29) is 5.97 Å². The van der Waals surface area contributed by atoms with E-state index in [1.165, 1.54) is 0 Å². The van der Waals surface area contributed by atoms with Gasteiger partial charge in [-0.2, -0.15) is 0 Å². The van der Waals surface area contributed by atoms with E-state index in [9.17, 15) is 4.79 Å². The van der Waals surface area contributed by atoms with Crippen molar-refractivity contribution in [3.63, 3.8) is 0 Å². The number of hydrogen-bond acceptors (Lipinski definition) is 3. The van der Waals surface area contributed by atoms with Crippen LogP contribution >= 0.6 is 0 Å². The predicted octanol–water partition coefficient (Wildman–Crippen LogP) is 2.86. The third kappa shape index (κ3) is 1.74. The number of H-pyrrole nitrogens is 1. The van der Waals surface area contributed by atoms with E-state index in [1.54, 1.807) is 0 Å². The second kappa shape index (κ2) is 4.37. The number of ether oxygens (including phenoxy) is 1. The lowest BCUT2D eigenvalue weighted by atomic mass is 9.68. The van der Waals surface area contributed by atoms with Crippen LogP contribution in [0.25, 0.3) is 11.0 Å². The van der Waals surface area contributed by atoms with Crippen LogP contribution in [-0.2, 0) is 14.9 Å². The monoisotopic (exact) mass is 258 g/mol. The SMILES string of the molecule is CCOC(=O)C1(c2nc3c(C)cccc3[nH]2)CCC1. The molecule has 19 heavy (non-hydrogen) atoms. The molecule has 0 atom stereocenters. The molecule has 3 rings (SSSR count). The van der Waals surface area contributed by atoms with Crippen molar-refractivity contribution in [1.82, 2.24) is 9.97 Å². The van der Waals surface area contributed by atoms with Crippen LogP contribution in [0.5, 0.6) is 0 Å². The Kier molecular flexibility index (Phi) is 2.81. The topological polar surface area (TPSA) is 55.0 Å². The van der Waals surface area contributed by atoms with E-state index in [1.807, 2.05) is 32.0 Å². The van der Waals surface area contributed by atoms with Gasteiger partial charge >= 0.3 is 5.97 Å². The Balaban J connectivity index is 2.07. The van der Waals surface area contributed by atoms with Gasteiger partial charge in [0.1, 0.15) is 11.2 Å². The molecule has 1 saturated carbocycles. The fourth-order valence-electron chi connectivity index (χ4n) is 2.74. The van der Waals surface area contributed by atoms with Crippen molar-refractivity contribution in [2.75, 3.05) is 6.61 Å². The lowest BCUT2D eigenvalue weighted by Gasteiger charge is -2.37. The molecule has 1 N–H and O–H groups in total. The molecule has 1 aliphatic rings. The summed E-state index contributed by atoms with van der Waals surface area (Å²) in [6, 6.07) is 6.03. The van der Waals surface area contributed by atoms with Crippen molar-refractivity contribution in [2.24, 2.45) is 0 Å². The average Bonchev–Trinajstić information content (AvgIpc) is 2.73. The van der Waals surface area contributed by atoms with Crippen LogP contribution in [0.15, 0.2) is 18.2 Å². The van der Waals surface area contributed by atoms with Crippen LogP contribution in [0.3, 0.4) is 0 Å². The molecule has 1 heterocycles. The zero-order valence-corrected chi connectivity index (χ0v) is 11.3. The molecule has 0 amide bonds. The molecule has 1 aromatic carbocycles. The van der Waals surface area contributed by atoms with Crippen LogP contribution < -0.4 is 0 Å². The van der Waals surface area contributed by atoms with E-state index < -0.39 is 5.41 Å². The summed E-state index contributed by atoms with van der Waals surface area (Å²) in [5, 5.41) is 0. The Labute approximate surface area is 112 Å². The van der Waals surface area contributed by atoms with Crippen molar-refractivity contribution < 1.29 is 9.53 Å². The van der Waals surface area contributed by atoms with Gasteiger partial charge < -0.3 is 9.72 Å². The number of nitrogens with one attached hydrogen (secondary N) is 1. The summed E-state index contributed by atoms with van der Waals surface area (Å²) in [6.07, 6.45) is 2.70. The number of esters is 1. The number of carbonyl (C=O) groups is 1. The fraction of sp³-hybridized carbons (Fsp3) is 0.467. The number of imidazole rings is 1. The first-order valence-corrected chi connectivity index (χ1v) is 6.80. The Morgan fingerprint density at radius 2 is 2.26 bits per heavy atom. The summed E-state index contributed by atoms with van der Waals surface area (Å²) in [7, 11) is 0. The van der Waals surface area contributed by atoms with E-state index in [0.29, 0.717) is 6.61 Å². The molecule has 1 aromatic heterocycles. The van der Waals surface area contributed by atoms with E-state index in [4.69, 9.17) is 4.74 Å². The predicted molar refractivity (Wildman–Crippen MR) is 73.0 cm³/mol. The minimum atomic E-state index is -0.540. The van der Waals surface area contributed by atoms with Crippen LogP contribution in [0.2, 0.25) is 0 Å². The van der Waals surface area contributed by atoms with Gasteiger partial charge in [-0.3, -0.25) is 4.79 Å². The summed E-state index contributed by atoms with van der Waals surface area (Å²) in [5.41, 5.74) is 2.53. The third-order valence-electron chi connectivity index (χ3n) is 4.04. The van der Waals surface area contributed by atoms with Gasteiger partial charge in [0.15, 0.2) is 0 Å². The summed E-state index contributed by atoms with van der Waals surface area (Å²) in [4.78, 5) is 20.2. The number of hydrogen-bond donors (Lipinski definition) is 1. The second-order valence-electron chi connectivity index (χ2n) is 5.21. The number of para-hydroxylation sites is 1. The number of rotatable bonds is 3. The quantitative estimate of drug-likeness (QED) is 0.861. The number of aromatic amines is 1. The highest BCUT2D eigenvalue weighted by molar-refractivity contribution is 5.86. The van der Waals surface area contributed by atoms with Crippen molar-refractivity contribution in [2.45, 2.75) is 38.5 Å². The summed E-state index contributed by atoms with van der Waals surface area (Å²) in [5.74, 6) is 0.624. The van der Waals surface area contributed by atoms with Gasteiger partial charge in [0.05, 0.1) is 17.6 Å². The van der Waals surface area contributed by atoms with Crippen molar-refractivity contribution >= 4 is 17.0 Å². The van der Waals surface area contributed by atoms with E-state index in [2.05, 4.69) is 9.97 Å². The van der Waals surface area contributed by atoms with Crippen LogP contribution in [0.1, 0.15) is 37.6 Å². The molecule has 0 unspecified atom stereocenters. The van der Waals surface area contributed by atoms with Gasteiger partial charge in [-0.1, -0.05) is 18.6 Å². The maximum atomic E-state index is 12.2. The number of carbonyl (C=O) groups excluding carboxylic acids is 1. The summed E-state index contributed by atoms with van der Waals surface area (Å²) < 4.78 is 5.23.